The van der Waals surface area contributed by atoms with Crippen LogP contribution in [0, 0.1) is 0 Å². The van der Waals surface area contributed by atoms with Crippen LogP contribution in [0.25, 0.3) is 11.5 Å². The van der Waals surface area contributed by atoms with E-state index in [2.05, 4.69) is 15.5 Å². The van der Waals surface area contributed by atoms with E-state index in [1.54, 1.807) is 30.3 Å². The van der Waals surface area contributed by atoms with Crippen LogP contribution in [0.3, 0.4) is 0 Å². The van der Waals surface area contributed by atoms with Gasteiger partial charge in [0.2, 0.25) is 0 Å². The number of benzene rings is 1. The van der Waals surface area contributed by atoms with Crippen LogP contribution >= 0.6 is 0 Å². The first-order valence-corrected chi connectivity index (χ1v) is 7.10. The zero-order chi connectivity index (χ0) is 16.9. The molecule has 1 aromatic carbocycles. The second-order valence-electron chi connectivity index (χ2n) is 4.96. The van der Waals surface area contributed by atoms with Crippen molar-refractivity contribution in [1.82, 2.24) is 10.1 Å². The highest BCUT2D eigenvalue weighted by Gasteiger charge is 2.20. The van der Waals surface area contributed by atoms with E-state index in [9.17, 15) is 9.59 Å². The highest BCUT2D eigenvalue weighted by molar-refractivity contribution is 6.06. The number of aryl methyl sites for hydroxylation is 1. The number of oxazole rings is 1. The first-order chi connectivity index (χ1) is 11.6. The van der Waals surface area contributed by atoms with Gasteiger partial charge in [0, 0.05) is 18.2 Å². The van der Waals surface area contributed by atoms with E-state index < -0.39 is 11.9 Å². The molecule has 8 nitrogen and oxygen atoms in total. The molecule has 3 aromatic rings. The second-order valence-corrected chi connectivity index (χ2v) is 4.96. The Hall–Kier alpha value is -3.42. The van der Waals surface area contributed by atoms with E-state index in [4.69, 9.17) is 14.0 Å². The third-order valence-electron chi connectivity index (χ3n) is 3.27. The normalized spacial score (nSPS) is 10.5. The Morgan fingerprint density at radius 2 is 2.12 bits per heavy atom. The van der Waals surface area contributed by atoms with Crippen molar-refractivity contribution in [2.24, 2.45) is 0 Å². The van der Waals surface area contributed by atoms with Crippen LogP contribution in [0.5, 0.6) is 0 Å². The molecule has 122 valence electrons. The van der Waals surface area contributed by atoms with Gasteiger partial charge in [-0.3, -0.25) is 9.59 Å². The lowest BCUT2D eigenvalue weighted by molar-refractivity contribution is -0.136. The number of carboxylic acid groups (broad SMARTS) is 1. The second kappa shape index (κ2) is 6.78. The number of nitrogens with zero attached hydrogens (tertiary/aromatic N) is 2. The smallest absolute Gasteiger partial charge is 0.303 e. The fraction of sp³-hybridized carbons (Fsp3) is 0.125. The zero-order valence-electron chi connectivity index (χ0n) is 12.4. The first kappa shape index (κ1) is 15.5. The minimum atomic E-state index is -0.871. The Morgan fingerprint density at radius 3 is 2.88 bits per heavy atom. The topological polar surface area (TPSA) is 118 Å². The van der Waals surface area contributed by atoms with Gasteiger partial charge in [-0.15, -0.1) is 0 Å². The fourth-order valence-corrected chi connectivity index (χ4v) is 2.17. The Kier molecular flexibility index (Phi) is 4.37. The summed E-state index contributed by atoms with van der Waals surface area (Å²) in [5.41, 5.74) is 1.80. The quantitative estimate of drug-likeness (QED) is 0.714. The highest BCUT2D eigenvalue weighted by atomic mass is 16.5. The van der Waals surface area contributed by atoms with Crippen LogP contribution in [-0.4, -0.2) is 27.1 Å². The number of hydrogen-bond acceptors (Lipinski definition) is 6. The monoisotopic (exact) mass is 327 g/mol. The molecule has 24 heavy (non-hydrogen) atoms. The van der Waals surface area contributed by atoms with Gasteiger partial charge in [-0.25, -0.2) is 4.98 Å². The molecule has 0 bridgehead atoms. The molecule has 1 amide bonds. The predicted molar refractivity (Wildman–Crippen MR) is 82.4 cm³/mol. The van der Waals surface area contributed by atoms with E-state index in [0.29, 0.717) is 17.8 Å². The largest absolute Gasteiger partial charge is 0.481 e. The number of carbonyl (C=O) groups is 2. The predicted octanol–water partition coefficient (Wildman–Crippen LogP) is 2.60. The summed E-state index contributed by atoms with van der Waals surface area (Å²) in [6.07, 6.45) is 2.93. The molecule has 3 rings (SSSR count). The van der Waals surface area contributed by atoms with Crippen molar-refractivity contribution in [3.63, 3.8) is 0 Å². The summed E-state index contributed by atoms with van der Waals surface area (Å²) in [6, 6.07) is 8.53. The highest BCUT2D eigenvalue weighted by Crippen LogP contribution is 2.22. The summed E-state index contributed by atoms with van der Waals surface area (Å²) in [6.45, 7) is 0. The van der Waals surface area contributed by atoms with E-state index in [1.165, 1.54) is 6.26 Å². The van der Waals surface area contributed by atoms with E-state index in [-0.39, 0.29) is 17.9 Å². The number of hydrogen-bond donors (Lipinski definition) is 2. The number of aliphatic carboxylic acids is 1. The Labute approximate surface area is 136 Å². The fourth-order valence-electron chi connectivity index (χ4n) is 2.17. The van der Waals surface area contributed by atoms with Crippen LogP contribution in [0.2, 0.25) is 0 Å². The van der Waals surface area contributed by atoms with Gasteiger partial charge in [0.15, 0.2) is 23.5 Å². The molecule has 0 aliphatic rings. The minimum Gasteiger partial charge on any atom is -0.481 e. The molecular weight excluding hydrogens is 314 g/mol. The van der Waals surface area contributed by atoms with Crippen LogP contribution < -0.4 is 5.32 Å². The number of aromatic nitrogens is 2. The van der Waals surface area contributed by atoms with Gasteiger partial charge < -0.3 is 19.4 Å². The molecule has 0 spiro atoms. The Morgan fingerprint density at radius 1 is 1.25 bits per heavy atom. The first-order valence-electron chi connectivity index (χ1n) is 7.10. The lowest BCUT2D eigenvalue weighted by Gasteiger charge is -2.06. The number of amides is 1. The maximum Gasteiger partial charge on any atom is 0.303 e. The molecule has 2 N–H and O–H groups in total. The maximum atomic E-state index is 12.4. The summed E-state index contributed by atoms with van der Waals surface area (Å²) in [4.78, 5) is 26.9. The van der Waals surface area contributed by atoms with Crippen LogP contribution in [0.15, 0.2) is 51.9 Å². The van der Waals surface area contributed by atoms with Gasteiger partial charge in [0.25, 0.3) is 5.91 Å². The number of carboxylic acids is 1. The molecule has 0 unspecified atom stereocenters. The average Bonchev–Trinajstić information content (AvgIpc) is 3.23. The van der Waals surface area contributed by atoms with Gasteiger partial charge in [-0.1, -0.05) is 17.3 Å². The summed E-state index contributed by atoms with van der Waals surface area (Å²) in [5, 5.41) is 15.2. The van der Waals surface area contributed by atoms with Crippen molar-refractivity contribution >= 4 is 17.6 Å². The number of rotatable bonds is 6. The van der Waals surface area contributed by atoms with Crippen molar-refractivity contribution in [3.8, 4) is 11.5 Å². The van der Waals surface area contributed by atoms with Gasteiger partial charge in [-0.05, 0) is 24.1 Å². The summed E-state index contributed by atoms with van der Waals surface area (Å²) in [5.74, 6) is -1.12. The van der Waals surface area contributed by atoms with Gasteiger partial charge in [0.1, 0.15) is 6.26 Å². The molecule has 0 radical (unpaired) electrons. The van der Waals surface area contributed by atoms with Gasteiger partial charge >= 0.3 is 5.97 Å². The number of nitrogens with one attached hydrogen (secondary N) is 1. The zero-order valence-corrected chi connectivity index (χ0v) is 12.4. The van der Waals surface area contributed by atoms with Crippen molar-refractivity contribution in [1.29, 1.82) is 0 Å². The van der Waals surface area contributed by atoms with Crippen LogP contribution in [0.1, 0.15) is 22.5 Å². The summed E-state index contributed by atoms with van der Waals surface area (Å²) in [7, 11) is 0. The van der Waals surface area contributed by atoms with Crippen LogP contribution in [0.4, 0.5) is 5.69 Å². The maximum absolute atomic E-state index is 12.4. The lowest BCUT2D eigenvalue weighted by Crippen LogP contribution is -2.13. The molecular formula is C16H13N3O5. The average molecular weight is 327 g/mol. The van der Waals surface area contributed by atoms with Crippen molar-refractivity contribution in [3.05, 3.63) is 54.2 Å². The Bertz CT molecular complexity index is 854. The van der Waals surface area contributed by atoms with Gasteiger partial charge in [0.05, 0.1) is 0 Å². The molecule has 0 fully saturated rings. The SMILES string of the molecule is O=C(O)CCc1cccc(NC(=O)c2ncoc2-c2ccon2)c1. The molecule has 0 aliphatic heterocycles. The van der Waals surface area contributed by atoms with Crippen LogP contribution in [-0.2, 0) is 11.2 Å². The number of carbonyl (C=O) groups excluding carboxylic acids is 1. The molecule has 0 aliphatic carbocycles. The number of anilines is 1. The van der Waals surface area contributed by atoms with E-state index >= 15 is 0 Å². The van der Waals surface area contributed by atoms with Crippen molar-refractivity contribution < 1.29 is 23.6 Å². The standard InChI is InChI=1S/C16H13N3O5/c20-13(21)5-4-10-2-1-3-11(8-10)18-16(22)14-15(23-9-17-14)12-6-7-24-19-12/h1-3,6-9H,4-5H2,(H,18,22)(H,20,21). The molecule has 0 saturated carbocycles. The van der Waals surface area contributed by atoms with E-state index in [1.807, 2.05) is 0 Å². The minimum absolute atomic E-state index is 0.0248. The molecule has 2 heterocycles. The molecule has 2 aromatic heterocycles. The molecule has 8 heteroatoms. The van der Waals surface area contributed by atoms with E-state index in [0.717, 1.165) is 12.0 Å². The third-order valence-corrected chi connectivity index (χ3v) is 3.27. The Balaban J connectivity index is 1.75. The van der Waals surface area contributed by atoms with Crippen molar-refractivity contribution in [2.75, 3.05) is 5.32 Å². The summed E-state index contributed by atoms with van der Waals surface area (Å²) >= 11 is 0. The lowest BCUT2D eigenvalue weighted by atomic mass is 10.1. The van der Waals surface area contributed by atoms with Gasteiger partial charge in [-0.2, -0.15) is 0 Å². The third kappa shape index (κ3) is 3.49. The van der Waals surface area contributed by atoms with Crippen molar-refractivity contribution in [2.45, 2.75) is 12.8 Å². The summed E-state index contributed by atoms with van der Waals surface area (Å²) < 4.78 is 9.93. The molecule has 0 atom stereocenters. The molecule has 0 saturated heterocycles.